The standard InChI is InChI=1S/C19H20N4/c20-13-19(16-4-2-1-3-5-16)8-10-23(11-9-19)18-12-17(15-6-7-15)21-14-22-18/h1-5,12,14-15H,6-11H2. The van der Waals surface area contributed by atoms with Gasteiger partial charge in [-0.2, -0.15) is 5.26 Å². The molecule has 1 aliphatic carbocycles. The molecule has 1 saturated carbocycles. The maximum Gasteiger partial charge on any atom is 0.132 e. The first-order valence-corrected chi connectivity index (χ1v) is 8.34. The van der Waals surface area contributed by atoms with E-state index in [1.165, 1.54) is 18.5 Å². The molecule has 0 atom stereocenters. The molecule has 0 bridgehead atoms. The van der Waals surface area contributed by atoms with E-state index in [1.54, 1.807) is 6.33 Å². The van der Waals surface area contributed by atoms with Crippen molar-refractivity contribution in [1.29, 1.82) is 5.26 Å². The molecule has 2 fully saturated rings. The first-order valence-electron chi connectivity index (χ1n) is 8.34. The molecule has 4 heteroatoms. The minimum absolute atomic E-state index is 0.357. The number of anilines is 1. The van der Waals surface area contributed by atoms with Gasteiger partial charge in [0.1, 0.15) is 12.1 Å². The van der Waals surface area contributed by atoms with Crippen molar-refractivity contribution >= 4 is 5.82 Å². The summed E-state index contributed by atoms with van der Waals surface area (Å²) >= 11 is 0. The zero-order valence-corrected chi connectivity index (χ0v) is 13.2. The van der Waals surface area contributed by atoms with Gasteiger partial charge in [-0.25, -0.2) is 9.97 Å². The van der Waals surface area contributed by atoms with Crippen molar-refractivity contribution in [3.05, 3.63) is 54.0 Å². The summed E-state index contributed by atoms with van der Waals surface area (Å²) in [6, 6.07) is 14.9. The summed E-state index contributed by atoms with van der Waals surface area (Å²) in [5.41, 5.74) is 1.96. The number of aromatic nitrogens is 2. The molecule has 1 saturated heterocycles. The Bertz CT molecular complexity index is 723. The molecule has 0 N–H and O–H groups in total. The number of nitriles is 1. The van der Waals surface area contributed by atoms with Crippen LogP contribution in [0.2, 0.25) is 0 Å². The predicted octanol–water partition coefficient (Wildman–Crippen LogP) is 3.42. The molecule has 1 aromatic heterocycles. The first kappa shape index (κ1) is 14.2. The predicted molar refractivity (Wildman–Crippen MR) is 89.2 cm³/mol. The number of hydrogen-bond donors (Lipinski definition) is 0. The van der Waals surface area contributed by atoms with Crippen molar-refractivity contribution in [2.45, 2.75) is 37.0 Å². The molecule has 23 heavy (non-hydrogen) atoms. The fourth-order valence-electron chi connectivity index (χ4n) is 3.48. The summed E-state index contributed by atoms with van der Waals surface area (Å²) in [7, 11) is 0. The monoisotopic (exact) mass is 304 g/mol. The summed E-state index contributed by atoms with van der Waals surface area (Å²) in [5.74, 6) is 1.66. The molecule has 1 aromatic carbocycles. The van der Waals surface area contributed by atoms with Crippen LogP contribution in [0.15, 0.2) is 42.7 Å². The lowest BCUT2D eigenvalue weighted by Gasteiger charge is -2.38. The van der Waals surface area contributed by atoms with Crippen LogP contribution in [0.25, 0.3) is 0 Å². The van der Waals surface area contributed by atoms with E-state index in [-0.39, 0.29) is 5.41 Å². The van der Waals surface area contributed by atoms with Gasteiger partial charge < -0.3 is 4.90 Å². The number of benzene rings is 1. The molecule has 0 unspecified atom stereocenters. The Morgan fingerprint density at radius 3 is 2.48 bits per heavy atom. The van der Waals surface area contributed by atoms with Crippen molar-refractivity contribution in [2.75, 3.05) is 18.0 Å². The van der Waals surface area contributed by atoms with E-state index in [0.717, 1.165) is 37.3 Å². The molecule has 0 radical (unpaired) electrons. The van der Waals surface area contributed by atoms with Gasteiger partial charge in [0.25, 0.3) is 0 Å². The van der Waals surface area contributed by atoms with Gasteiger partial charge in [-0.15, -0.1) is 0 Å². The number of rotatable bonds is 3. The van der Waals surface area contributed by atoms with Gasteiger partial charge in [0.2, 0.25) is 0 Å². The molecular formula is C19H20N4. The maximum atomic E-state index is 9.78. The summed E-state index contributed by atoms with van der Waals surface area (Å²) in [5, 5.41) is 9.78. The van der Waals surface area contributed by atoms with Crippen LogP contribution in [0.3, 0.4) is 0 Å². The van der Waals surface area contributed by atoms with Gasteiger partial charge in [0.05, 0.1) is 11.5 Å². The summed E-state index contributed by atoms with van der Waals surface area (Å²) < 4.78 is 0. The highest BCUT2D eigenvalue weighted by Crippen LogP contribution is 2.40. The van der Waals surface area contributed by atoms with Crippen LogP contribution in [0.5, 0.6) is 0 Å². The van der Waals surface area contributed by atoms with Crippen LogP contribution >= 0.6 is 0 Å². The molecule has 0 amide bonds. The quantitative estimate of drug-likeness (QED) is 0.872. The summed E-state index contributed by atoms with van der Waals surface area (Å²) in [6.45, 7) is 1.73. The van der Waals surface area contributed by atoms with Crippen LogP contribution in [0.4, 0.5) is 5.82 Å². The van der Waals surface area contributed by atoms with Crippen molar-refractivity contribution in [3.63, 3.8) is 0 Å². The second-order valence-corrected chi connectivity index (χ2v) is 6.62. The Morgan fingerprint density at radius 2 is 1.83 bits per heavy atom. The van der Waals surface area contributed by atoms with E-state index in [4.69, 9.17) is 0 Å². The Hall–Kier alpha value is -2.41. The van der Waals surface area contributed by atoms with Gasteiger partial charge in [-0.05, 0) is 31.2 Å². The largest absolute Gasteiger partial charge is 0.356 e. The molecule has 1 aliphatic heterocycles. The lowest BCUT2D eigenvalue weighted by molar-refractivity contribution is 0.414. The lowest BCUT2D eigenvalue weighted by Crippen LogP contribution is -2.42. The van der Waals surface area contributed by atoms with Crippen LogP contribution in [-0.2, 0) is 5.41 Å². The average molecular weight is 304 g/mol. The second-order valence-electron chi connectivity index (χ2n) is 6.62. The van der Waals surface area contributed by atoms with Crippen molar-refractivity contribution in [3.8, 4) is 6.07 Å². The van der Waals surface area contributed by atoms with Crippen molar-refractivity contribution in [1.82, 2.24) is 9.97 Å². The van der Waals surface area contributed by atoms with Crippen LogP contribution < -0.4 is 4.90 Å². The number of hydrogen-bond acceptors (Lipinski definition) is 4. The van der Waals surface area contributed by atoms with Crippen LogP contribution in [0.1, 0.15) is 42.9 Å². The van der Waals surface area contributed by atoms with Gasteiger partial charge >= 0.3 is 0 Å². The third-order valence-corrected chi connectivity index (χ3v) is 5.15. The summed E-state index contributed by atoms with van der Waals surface area (Å²) in [6.07, 6.45) is 5.88. The molecule has 4 nitrogen and oxygen atoms in total. The molecule has 116 valence electrons. The van der Waals surface area contributed by atoms with E-state index >= 15 is 0 Å². The highest BCUT2D eigenvalue weighted by atomic mass is 15.2. The Morgan fingerprint density at radius 1 is 1.09 bits per heavy atom. The minimum Gasteiger partial charge on any atom is -0.356 e. The van der Waals surface area contributed by atoms with Gasteiger partial charge in [0.15, 0.2) is 0 Å². The topological polar surface area (TPSA) is 52.8 Å². The molecule has 2 aromatic rings. The molecular weight excluding hydrogens is 284 g/mol. The zero-order chi connectivity index (χ0) is 15.7. The highest BCUT2D eigenvalue weighted by molar-refractivity contribution is 5.43. The van der Waals surface area contributed by atoms with Gasteiger partial charge in [0, 0.05) is 30.8 Å². The second kappa shape index (κ2) is 5.66. The molecule has 4 rings (SSSR count). The lowest BCUT2D eigenvalue weighted by atomic mass is 9.74. The Balaban J connectivity index is 1.52. The van der Waals surface area contributed by atoms with E-state index in [2.05, 4.69) is 39.1 Å². The number of nitrogens with zero attached hydrogens (tertiary/aromatic N) is 4. The fraction of sp³-hybridized carbons (Fsp3) is 0.421. The van der Waals surface area contributed by atoms with E-state index in [9.17, 15) is 5.26 Å². The third-order valence-electron chi connectivity index (χ3n) is 5.15. The smallest absolute Gasteiger partial charge is 0.132 e. The molecule has 0 spiro atoms. The number of piperidine rings is 1. The SMILES string of the molecule is N#CC1(c2ccccc2)CCN(c2cc(C3CC3)ncn2)CC1. The average Bonchev–Trinajstić information content (AvgIpc) is 3.48. The normalized spacial score (nSPS) is 20.0. The van der Waals surface area contributed by atoms with Crippen LogP contribution in [0, 0.1) is 11.3 Å². The fourth-order valence-corrected chi connectivity index (χ4v) is 3.48. The first-order chi connectivity index (χ1) is 11.3. The Kier molecular flexibility index (Phi) is 3.49. The maximum absolute atomic E-state index is 9.78. The van der Waals surface area contributed by atoms with Crippen molar-refractivity contribution in [2.24, 2.45) is 0 Å². The van der Waals surface area contributed by atoms with Gasteiger partial charge in [-0.1, -0.05) is 30.3 Å². The highest BCUT2D eigenvalue weighted by Gasteiger charge is 2.37. The Labute approximate surface area is 136 Å². The molecule has 2 aliphatic rings. The van der Waals surface area contributed by atoms with E-state index < -0.39 is 0 Å². The van der Waals surface area contributed by atoms with E-state index in [0.29, 0.717) is 5.92 Å². The van der Waals surface area contributed by atoms with Gasteiger partial charge in [-0.3, -0.25) is 0 Å². The minimum atomic E-state index is -0.357. The molecule has 2 heterocycles. The third kappa shape index (κ3) is 2.68. The zero-order valence-electron chi connectivity index (χ0n) is 13.2. The van der Waals surface area contributed by atoms with Crippen LogP contribution in [-0.4, -0.2) is 23.1 Å². The van der Waals surface area contributed by atoms with Crippen molar-refractivity contribution < 1.29 is 0 Å². The van der Waals surface area contributed by atoms with E-state index in [1.807, 2.05) is 18.2 Å². The summed E-state index contributed by atoms with van der Waals surface area (Å²) in [4.78, 5) is 11.1.